The molecule has 0 heterocycles. The molecule has 0 saturated heterocycles. The van der Waals surface area contributed by atoms with Crippen molar-refractivity contribution in [2.24, 2.45) is 23.3 Å². The first kappa shape index (κ1) is 11.2. The van der Waals surface area contributed by atoms with Crippen LogP contribution in [0.25, 0.3) is 0 Å². The molecule has 1 aliphatic rings. The molecule has 0 bridgehead atoms. The molecule has 2 atom stereocenters. The molecule has 3 heteroatoms. The second-order valence-electron chi connectivity index (χ2n) is 3.28. The van der Waals surface area contributed by atoms with Crippen molar-refractivity contribution < 1.29 is 0 Å². The Morgan fingerprint density at radius 3 is 1.55 bits per heavy atom. The van der Waals surface area contributed by atoms with Crippen molar-refractivity contribution in [1.82, 2.24) is 0 Å². The van der Waals surface area contributed by atoms with E-state index in [0.29, 0.717) is 0 Å². The van der Waals surface area contributed by atoms with Crippen LogP contribution in [0.3, 0.4) is 0 Å². The fourth-order valence-corrected chi connectivity index (χ4v) is 1.91. The Labute approximate surface area is 75.1 Å². The van der Waals surface area contributed by atoms with E-state index in [1.807, 2.05) is 0 Å². The van der Waals surface area contributed by atoms with Crippen molar-refractivity contribution in [1.29, 1.82) is 0 Å². The molecule has 2 unspecified atom stereocenters. The monoisotopic (exact) mass is 178 g/mol. The molecule has 1 saturated carbocycles. The number of hydrogen-bond acceptors (Lipinski definition) is 2. The molecule has 1 fully saturated rings. The lowest BCUT2D eigenvalue weighted by molar-refractivity contribution is 0.250. The first-order valence-corrected chi connectivity index (χ1v) is 4.28. The summed E-state index contributed by atoms with van der Waals surface area (Å²) in [5.41, 5.74) is 11.2. The van der Waals surface area contributed by atoms with Crippen molar-refractivity contribution in [3.8, 4) is 0 Å². The van der Waals surface area contributed by atoms with Gasteiger partial charge in [0.2, 0.25) is 0 Å². The molecule has 11 heavy (non-hydrogen) atoms. The third kappa shape index (κ3) is 2.97. The molecular formula is C8H19ClN2. The van der Waals surface area contributed by atoms with Gasteiger partial charge in [0.25, 0.3) is 0 Å². The van der Waals surface area contributed by atoms with Gasteiger partial charge in [-0.05, 0) is 37.8 Å². The van der Waals surface area contributed by atoms with Gasteiger partial charge >= 0.3 is 0 Å². The Morgan fingerprint density at radius 1 is 0.909 bits per heavy atom. The van der Waals surface area contributed by atoms with Gasteiger partial charge in [0.05, 0.1) is 0 Å². The Morgan fingerprint density at radius 2 is 1.27 bits per heavy atom. The molecule has 0 aliphatic heterocycles. The summed E-state index contributed by atoms with van der Waals surface area (Å²) in [7, 11) is 0. The van der Waals surface area contributed by atoms with E-state index in [-0.39, 0.29) is 12.4 Å². The van der Waals surface area contributed by atoms with Crippen LogP contribution in [-0.2, 0) is 0 Å². The Kier molecular flexibility index (Phi) is 5.92. The van der Waals surface area contributed by atoms with Crippen LogP contribution in [0.5, 0.6) is 0 Å². The van der Waals surface area contributed by atoms with Gasteiger partial charge in [0.1, 0.15) is 0 Å². The normalized spacial score (nSPS) is 31.1. The van der Waals surface area contributed by atoms with Gasteiger partial charge < -0.3 is 11.5 Å². The zero-order valence-corrected chi connectivity index (χ0v) is 7.78. The van der Waals surface area contributed by atoms with Crippen LogP contribution in [0, 0.1) is 11.8 Å². The molecule has 0 aromatic heterocycles. The van der Waals surface area contributed by atoms with Gasteiger partial charge in [0.15, 0.2) is 0 Å². The Hall–Kier alpha value is 0.210. The van der Waals surface area contributed by atoms with E-state index >= 15 is 0 Å². The summed E-state index contributed by atoms with van der Waals surface area (Å²) in [5.74, 6) is 1.44. The van der Waals surface area contributed by atoms with Crippen molar-refractivity contribution in [2.75, 3.05) is 13.1 Å². The van der Waals surface area contributed by atoms with Gasteiger partial charge in [-0.1, -0.05) is 12.8 Å². The minimum absolute atomic E-state index is 0. The van der Waals surface area contributed by atoms with E-state index in [4.69, 9.17) is 11.5 Å². The highest BCUT2D eigenvalue weighted by atomic mass is 35.5. The van der Waals surface area contributed by atoms with E-state index in [1.165, 1.54) is 25.7 Å². The third-order valence-electron chi connectivity index (χ3n) is 2.67. The molecule has 4 N–H and O–H groups in total. The quantitative estimate of drug-likeness (QED) is 0.666. The molecule has 0 aromatic carbocycles. The average molecular weight is 179 g/mol. The topological polar surface area (TPSA) is 52.0 Å². The van der Waals surface area contributed by atoms with E-state index in [1.54, 1.807) is 0 Å². The van der Waals surface area contributed by atoms with Gasteiger partial charge in [-0.25, -0.2) is 0 Å². The lowest BCUT2D eigenvalue weighted by atomic mass is 9.79. The van der Waals surface area contributed by atoms with Crippen molar-refractivity contribution in [3.05, 3.63) is 0 Å². The van der Waals surface area contributed by atoms with E-state index in [2.05, 4.69) is 0 Å². The SMILES string of the molecule is Cl.NCC1CCCCC1CN. The second kappa shape index (κ2) is 5.81. The largest absolute Gasteiger partial charge is 0.330 e. The summed E-state index contributed by atoms with van der Waals surface area (Å²) in [5, 5.41) is 0. The van der Waals surface area contributed by atoms with Crippen molar-refractivity contribution >= 4 is 12.4 Å². The highest BCUT2D eigenvalue weighted by molar-refractivity contribution is 5.85. The number of hydrogen-bond donors (Lipinski definition) is 2. The Bertz CT molecular complexity index is 86.1. The average Bonchev–Trinajstić information content (AvgIpc) is 2.04. The molecule has 1 rings (SSSR count). The van der Waals surface area contributed by atoms with E-state index in [9.17, 15) is 0 Å². The first-order valence-electron chi connectivity index (χ1n) is 4.28. The standard InChI is InChI=1S/C8H18N2.ClH/c9-5-7-3-1-2-4-8(7)6-10;/h7-8H,1-6,9-10H2;1H. The maximum absolute atomic E-state index is 5.61. The summed E-state index contributed by atoms with van der Waals surface area (Å²) < 4.78 is 0. The van der Waals surface area contributed by atoms with Crippen LogP contribution in [-0.4, -0.2) is 13.1 Å². The number of rotatable bonds is 2. The molecule has 0 radical (unpaired) electrons. The predicted molar refractivity (Wildman–Crippen MR) is 50.8 cm³/mol. The van der Waals surface area contributed by atoms with E-state index < -0.39 is 0 Å². The zero-order chi connectivity index (χ0) is 7.40. The molecule has 2 nitrogen and oxygen atoms in total. The fourth-order valence-electron chi connectivity index (χ4n) is 1.91. The molecule has 0 spiro atoms. The van der Waals surface area contributed by atoms with Crippen LogP contribution in [0.2, 0.25) is 0 Å². The molecule has 0 amide bonds. The van der Waals surface area contributed by atoms with Crippen LogP contribution in [0.1, 0.15) is 25.7 Å². The minimum atomic E-state index is 0. The minimum Gasteiger partial charge on any atom is -0.330 e. The second-order valence-corrected chi connectivity index (χ2v) is 3.28. The summed E-state index contributed by atoms with van der Waals surface area (Å²) in [4.78, 5) is 0. The van der Waals surface area contributed by atoms with Crippen molar-refractivity contribution in [3.63, 3.8) is 0 Å². The van der Waals surface area contributed by atoms with Crippen LogP contribution in [0.15, 0.2) is 0 Å². The summed E-state index contributed by atoms with van der Waals surface area (Å²) in [6.45, 7) is 1.67. The maximum Gasteiger partial charge on any atom is -0.00457 e. The highest BCUT2D eigenvalue weighted by Gasteiger charge is 2.21. The van der Waals surface area contributed by atoms with E-state index in [0.717, 1.165) is 24.9 Å². The Balaban J connectivity index is 0.000001000. The smallest absolute Gasteiger partial charge is 0.00457 e. The molecular weight excluding hydrogens is 160 g/mol. The summed E-state index contributed by atoms with van der Waals surface area (Å²) in [6, 6.07) is 0. The van der Waals surface area contributed by atoms with Gasteiger partial charge in [-0.3, -0.25) is 0 Å². The lowest BCUT2D eigenvalue weighted by Gasteiger charge is -2.29. The summed E-state index contributed by atoms with van der Waals surface area (Å²) in [6.07, 6.45) is 5.33. The van der Waals surface area contributed by atoms with Crippen molar-refractivity contribution in [2.45, 2.75) is 25.7 Å². The lowest BCUT2D eigenvalue weighted by Crippen LogP contribution is -2.31. The number of halogens is 1. The van der Waals surface area contributed by atoms with Gasteiger partial charge in [0, 0.05) is 0 Å². The summed E-state index contributed by atoms with van der Waals surface area (Å²) >= 11 is 0. The van der Waals surface area contributed by atoms with Crippen LogP contribution < -0.4 is 11.5 Å². The maximum atomic E-state index is 5.61. The molecule has 1 aliphatic carbocycles. The zero-order valence-electron chi connectivity index (χ0n) is 6.96. The van der Waals surface area contributed by atoms with Crippen LogP contribution >= 0.6 is 12.4 Å². The third-order valence-corrected chi connectivity index (χ3v) is 2.67. The number of nitrogens with two attached hydrogens (primary N) is 2. The first-order chi connectivity index (χ1) is 4.88. The highest BCUT2D eigenvalue weighted by Crippen LogP contribution is 2.27. The van der Waals surface area contributed by atoms with Gasteiger partial charge in [-0.15, -0.1) is 12.4 Å². The van der Waals surface area contributed by atoms with Crippen LogP contribution in [0.4, 0.5) is 0 Å². The molecule has 0 aromatic rings. The van der Waals surface area contributed by atoms with Gasteiger partial charge in [-0.2, -0.15) is 0 Å². The predicted octanol–water partition coefficient (Wildman–Crippen LogP) is 1.13. The fraction of sp³-hybridized carbons (Fsp3) is 1.00. The molecule has 68 valence electrons.